The molecular formula is C44H69NO9. The molecule has 1 aliphatic carbocycles. The summed E-state index contributed by atoms with van der Waals surface area (Å²) in [6.07, 6.45) is 17.9. The Morgan fingerprint density at radius 3 is 2.39 bits per heavy atom. The molecule has 2 bridgehead atoms. The molecule has 0 saturated carbocycles. The van der Waals surface area contributed by atoms with E-state index < -0.39 is 42.2 Å². The molecule has 13 unspecified atom stereocenters. The first-order chi connectivity index (χ1) is 25.6. The molecular weight excluding hydrogens is 686 g/mol. The number of fused-ring (bicyclic) bond motifs is 3. The molecule has 3 aliphatic heterocycles. The van der Waals surface area contributed by atoms with Crippen LogP contribution in [0.1, 0.15) is 112 Å². The van der Waals surface area contributed by atoms with Crippen molar-refractivity contribution in [1.82, 2.24) is 4.90 Å². The van der Waals surface area contributed by atoms with Crippen LogP contribution in [0.25, 0.3) is 0 Å². The van der Waals surface area contributed by atoms with Crippen molar-refractivity contribution in [3.8, 4) is 0 Å². The highest BCUT2D eigenvalue weighted by molar-refractivity contribution is 5.85. The smallest absolute Gasteiger partial charge is 0.329 e. The van der Waals surface area contributed by atoms with E-state index in [1.165, 1.54) is 0 Å². The molecule has 2 fully saturated rings. The van der Waals surface area contributed by atoms with E-state index in [1.807, 2.05) is 51.2 Å². The van der Waals surface area contributed by atoms with E-state index in [1.54, 1.807) is 18.1 Å². The van der Waals surface area contributed by atoms with Crippen molar-refractivity contribution in [3.63, 3.8) is 0 Å². The van der Waals surface area contributed by atoms with Gasteiger partial charge in [0.1, 0.15) is 12.1 Å². The van der Waals surface area contributed by atoms with E-state index in [4.69, 9.17) is 14.2 Å². The summed E-state index contributed by atoms with van der Waals surface area (Å²) >= 11 is 0. The summed E-state index contributed by atoms with van der Waals surface area (Å²) < 4.78 is 18.2. The average molecular weight is 756 g/mol. The lowest BCUT2D eigenvalue weighted by molar-refractivity contribution is -0.301. The minimum absolute atomic E-state index is 0.0608. The number of ether oxygens (including phenoxy) is 3. The molecule has 0 radical (unpaired) electrons. The van der Waals surface area contributed by atoms with Gasteiger partial charge < -0.3 is 39.5 Å². The van der Waals surface area contributed by atoms with Crippen molar-refractivity contribution in [3.05, 3.63) is 59.8 Å². The number of cyclic esters (lactones) is 1. The molecule has 2 saturated heterocycles. The van der Waals surface area contributed by atoms with Crippen LogP contribution in [-0.2, 0) is 23.8 Å². The summed E-state index contributed by atoms with van der Waals surface area (Å²) in [6, 6.07) is -0.806. The Morgan fingerprint density at radius 1 is 0.907 bits per heavy atom. The number of esters is 1. The van der Waals surface area contributed by atoms with Gasteiger partial charge in [-0.05, 0) is 101 Å². The van der Waals surface area contributed by atoms with Gasteiger partial charge in [-0.1, -0.05) is 81.9 Å². The number of methoxy groups -OCH3 is 1. The van der Waals surface area contributed by atoms with Crippen molar-refractivity contribution in [2.75, 3.05) is 13.7 Å². The largest absolute Gasteiger partial charge is 0.456 e. The summed E-state index contributed by atoms with van der Waals surface area (Å²) in [5, 5.41) is 44.0. The van der Waals surface area contributed by atoms with Crippen LogP contribution in [0.3, 0.4) is 0 Å². The Hall–Kier alpha value is -2.60. The van der Waals surface area contributed by atoms with Gasteiger partial charge in [0, 0.05) is 26.0 Å². The Labute approximate surface area is 324 Å². The first-order valence-electron chi connectivity index (χ1n) is 20.5. The van der Waals surface area contributed by atoms with Crippen molar-refractivity contribution < 1.29 is 44.2 Å². The third-order valence-electron chi connectivity index (χ3n) is 12.1. The normalized spacial score (nSPS) is 41.4. The second-order valence-electron chi connectivity index (χ2n) is 16.9. The quantitative estimate of drug-likeness (QED) is 0.147. The number of aliphatic hydroxyl groups is 4. The van der Waals surface area contributed by atoms with E-state index in [0.717, 1.165) is 24.0 Å². The number of hydrogen-bond acceptors (Lipinski definition) is 9. The van der Waals surface area contributed by atoms with Crippen molar-refractivity contribution in [2.45, 2.75) is 161 Å². The molecule has 3 heterocycles. The van der Waals surface area contributed by atoms with Crippen molar-refractivity contribution >= 4 is 11.9 Å². The van der Waals surface area contributed by atoms with Crippen LogP contribution in [0.5, 0.6) is 0 Å². The molecule has 304 valence electrons. The minimum Gasteiger partial charge on any atom is -0.456 e. The van der Waals surface area contributed by atoms with Gasteiger partial charge in [-0.2, -0.15) is 0 Å². The lowest BCUT2D eigenvalue weighted by atomic mass is 9.78. The molecule has 0 aromatic heterocycles. The third-order valence-corrected chi connectivity index (χ3v) is 12.1. The van der Waals surface area contributed by atoms with E-state index in [0.29, 0.717) is 51.5 Å². The maximum absolute atomic E-state index is 14.1. The van der Waals surface area contributed by atoms with Gasteiger partial charge in [-0.25, -0.2) is 4.79 Å². The van der Waals surface area contributed by atoms with Gasteiger partial charge in [0.05, 0.1) is 36.9 Å². The second kappa shape index (κ2) is 20.5. The van der Waals surface area contributed by atoms with Gasteiger partial charge in [0.15, 0.2) is 5.79 Å². The summed E-state index contributed by atoms with van der Waals surface area (Å²) in [4.78, 5) is 29.7. The van der Waals surface area contributed by atoms with Crippen molar-refractivity contribution in [1.29, 1.82) is 0 Å². The lowest BCUT2D eigenvalue weighted by Crippen LogP contribution is -2.56. The maximum atomic E-state index is 14.1. The van der Waals surface area contributed by atoms with Gasteiger partial charge in [0.2, 0.25) is 5.91 Å². The number of hydrogen-bond donors (Lipinski definition) is 4. The zero-order valence-electron chi connectivity index (χ0n) is 33.8. The van der Waals surface area contributed by atoms with Crippen LogP contribution < -0.4 is 0 Å². The summed E-state index contributed by atoms with van der Waals surface area (Å²) in [5.74, 6) is -2.36. The summed E-state index contributed by atoms with van der Waals surface area (Å²) in [6.45, 7) is 12.4. The number of rotatable bonds is 4. The molecule has 4 rings (SSSR count). The standard InChI is InChI=1S/C44H69NO9/c1-28-15-18-35(46)13-9-8-12-30(3)42-32(5)24-33(6)44(51,54-42)27-41(49)45-21-11-10-14-37(45)43(50)53-39(26-36(47)19-16-28)31(4)22-29(2)23-34-17-20-38(48)40(25-34)52-7/h8-9,15,17-18,20,22-23,28,30,32-40,42,46-48,51H,10-14,16,19,21,24-27H2,1-7H3/b9-8+,18-15+,29-23+,31-22+. The Balaban J connectivity index is 1.61. The fourth-order valence-corrected chi connectivity index (χ4v) is 8.63. The van der Waals surface area contributed by atoms with Crippen LogP contribution in [0.2, 0.25) is 0 Å². The Kier molecular flexibility index (Phi) is 16.8. The Bertz CT molecular complexity index is 1390. The molecule has 54 heavy (non-hydrogen) atoms. The van der Waals surface area contributed by atoms with E-state index >= 15 is 0 Å². The zero-order chi connectivity index (χ0) is 39.6. The monoisotopic (exact) mass is 755 g/mol. The Morgan fingerprint density at radius 2 is 1.65 bits per heavy atom. The van der Waals surface area contributed by atoms with Gasteiger partial charge >= 0.3 is 5.97 Å². The first-order valence-corrected chi connectivity index (χ1v) is 20.5. The zero-order valence-corrected chi connectivity index (χ0v) is 33.8. The topological polar surface area (TPSA) is 146 Å². The molecule has 0 aromatic rings. The maximum Gasteiger partial charge on any atom is 0.329 e. The molecule has 10 nitrogen and oxygen atoms in total. The average Bonchev–Trinajstić information content (AvgIpc) is 3.13. The fourth-order valence-electron chi connectivity index (χ4n) is 8.63. The summed E-state index contributed by atoms with van der Waals surface area (Å²) in [7, 11) is 1.59. The molecule has 13 atom stereocenters. The predicted octanol–water partition coefficient (Wildman–Crippen LogP) is 6.33. The van der Waals surface area contributed by atoms with E-state index in [2.05, 4.69) is 32.9 Å². The highest BCUT2D eigenvalue weighted by atomic mass is 16.6. The van der Waals surface area contributed by atoms with Crippen LogP contribution in [0, 0.1) is 29.6 Å². The predicted molar refractivity (Wildman–Crippen MR) is 210 cm³/mol. The fraction of sp³-hybridized carbons (Fsp3) is 0.727. The van der Waals surface area contributed by atoms with Crippen LogP contribution >= 0.6 is 0 Å². The van der Waals surface area contributed by atoms with Crippen LogP contribution in [0.4, 0.5) is 0 Å². The number of piperidine rings is 1. The highest BCUT2D eigenvalue weighted by Gasteiger charge is 2.48. The molecule has 10 heteroatoms. The highest BCUT2D eigenvalue weighted by Crippen LogP contribution is 2.41. The lowest BCUT2D eigenvalue weighted by Gasteiger charge is -2.47. The molecule has 0 aromatic carbocycles. The summed E-state index contributed by atoms with van der Waals surface area (Å²) in [5.41, 5.74) is 1.72. The van der Waals surface area contributed by atoms with Gasteiger partial charge in [-0.3, -0.25) is 4.79 Å². The molecule has 4 aliphatic rings. The molecule has 1 amide bonds. The number of carbonyl (C=O) groups is 2. The van der Waals surface area contributed by atoms with E-state index in [9.17, 15) is 30.0 Å². The number of aliphatic hydroxyl groups excluding tert-OH is 3. The second-order valence-corrected chi connectivity index (χ2v) is 16.9. The van der Waals surface area contributed by atoms with Crippen molar-refractivity contribution in [2.24, 2.45) is 29.6 Å². The van der Waals surface area contributed by atoms with Gasteiger partial charge in [0.25, 0.3) is 0 Å². The number of carbonyl (C=O) groups excluding carboxylic acids is 2. The number of amides is 1. The van der Waals surface area contributed by atoms with E-state index in [-0.39, 0.29) is 60.5 Å². The number of nitrogens with zero attached hydrogens (tertiary/aromatic N) is 1. The van der Waals surface area contributed by atoms with Crippen LogP contribution in [0.15, 0.2) is 59.8 Å². The SMILES string of the molecule is COC1CC(/C=C(C)/C=C(\C)C2CC(O)CCC(C)/C=C/C(O)C/C=C/CC(C)C3OC(O)(CC(=O)N4CCCCC4C(=O)O2)C(C)CC3C)C=CC1O. The first kappa shape index (κ1) is 44.1. The minimum atomic E-state index is -1.67. The molecule has 0 spiro atoms. The third kappa shape index (κ3) is 12.5. The molecule has 4 N–H and O–H groups in total. The van der Waals surface area contributed by atoms with Gasteiger partial charge in [-0.15, -0.1) is 0 Å². The number of allylic oxidation sites excluding steroid dienone is 6. The van der Waals surface area contributed by atoms with Crippen LogP contribution in [-0.4, -0.2) is 99.3 Å².